The Morgan fingerprint density at radius 2 is 1.87 bits per heavy atom. The lowest BCUT2D eigenvalue weighted by Gasteiger charge is -2.09. The van der Waals surface area contributed by atoms with Crippen LogP contribution in [-0.2, 0) is 16.0 Å². The molecule has 0 radical (unpaired) electrons. The molecular weight excluding hydrogens is 409 g/mol. The summed E-state index contributed by atoms with van der Waals surface area (Å²) in [6, 6.07) is 8.66. The van der Waals surface area contributed by atoms with Gasteiger partial charge in [0.05, 0.1) is 30.7 Å². The zero-order valence-electron chi connectivity index (χ0n) is 17.1. The number of unbranched alkanes of at least 4 members (excludes halogenated alkanes) is 1. The first-order chi connectivity index (χ1) is 14.4. The highest BCUT2D eigenvalue weighted by Gasteiger charge is 2.23. The van der Waals surface area contributed by atoms with Crippen LogP contribution in [0.3, 0.4) is 0 Å². The number of halogens is 2. The average Bonchev–Trinajstić information content (AvgIpc) is 2.98. The van der Waals surface area contributed by atoms with E-state index >= 15 is 0 Å². The van der Waals surface area contributed by atoms with Gasteiger partial charge in [0.25, 0.3) is 5.91 Å². The van der Waals surface area contributed by atoms with E-state index in [1.807, 2.05) is 6.92 Å². The number of fused-ring (bicyclic) bond motifs is 1. The Morgan fingerprint density at radius 1 is 1.17 bits per heavy atom. The van der Waals surface area contributed by atoms with E-state index in [2.05, 4.69) is 0 Å². The number of ether oxygens (including phenoxy) is 2. The summed E-state index contributed by atoms with van der Waals surface area (Å²) < 4.78 is 25.4. The number of rotatable bonds is 7. The first-order valence-corrected chi connectivity index (χ1v) is 10.1. The lowest BCUT2D eigenvalue weighted by atomic mass is 10.1. The van der Waals surface area contributed by atoms with E-state index in [9.17, 15) is 14.0 Å². The van der Waals surface area contributed by atoms with E-state index < -0.39 is 5.82 Å². The molecule has 5 nitrogen and oxygen atoms in total. The molecule has 0 aliphatic rings. The fourth-order valence-corrected chi connectivity index (χ4v) is 3.60. The van der Waals surface area contributed by atoms with Crippen LogP contribution in [0, 0.1) is 12.7 Å². The molecule has 0 aliphatic heterocycles. The minimum absolute atomic E-state index is 0.0144. The summed E-state index contributed by atoms with van der Waals surface area (Å²) in [4.78, 5) is 25.6. The molecular formula is C23H23ClFNO4. The summed E-state index contributed by atoms with van der Waals surface area (Å²) in [6.07, 6.45) is 1.73. The third kappa shape index (κ3) is 4.33. The number of esters is 1. The van der Waals surface area contributed by atoms with Crippen molar-refractivity contribution in [2.75, 3.05) is 13.7 Å². The molecule has 1 heterocycles. The van der Waals surface area contributed by atoms with Gasteiger partial charge in [0.1, 0.15) is 11.6 Å². The highest BCUT2D eigenvalue weighted by molar-refractivity contribution is 6.33. The van der Waals surface area contributed by atoms with Gasteiger partial charge in [0.2, 0.25) is 0 Å². The maximum Gasteiger partial charge on any atom is 0.310 e. The normalized spacial score (nSPS) is 11.0. The molecule has 1 aromatic heterocycles. The maximum atomic E-state index is 13.3. The molecule has 0 N–H and O–H groups in total. The predicted octanol–water partition coefficient (Wildman–Crippen LogP) is 5.33. The van der Waals surface area contributed by atoms with Crippen molar-refractivity contribution >= 4 is 34.4 Å². The summed E-state index contributed by atoms with van der Waals surface area (Å²) in [6.45, 7) is 4.13. The zero-order valence-corrected chi connectivity index (χ0v) is 17.9. The number of carbonyl (C=O) groups excluding carboxylic acids is 2. The Labute approximate surface area is 179 Å². The highest BCUT2D eigenvalue weighted by atomic mass is 35.5. The number of benzene rings is 2. The van der Waals surface area contributed by atoms with Crippen molar-refractivity contribution in [3.63, 3.8) is 0 Å². The molecule has 158 valence electrons. The predicted molar refractivity (Wildman–Crippen MR) is 114 cm³/mol. The second-order valence-corrected chi connectivity index (χ2v) is 7.37. The molecule has 0 bridgehead atoms. The first kappa shape index (κ1) is 21.8. The van der Waals surface area contributed by atoms with Crippen LogP contribution in [0.25, 0.3) is 10.9 Å². The van der Waals surface area contributed by atoms with Crippen LogP contribution < -0.4 is 4.74 Å². The van der Waals surface area contributed by atoms with Crippen molar-refractivity contribution in [2.45, 2.75) is 33.1 Å². The van der Waals surface area contributed by atoms with E-state index in [1.165, 1.54) is 35.9 Å². The summed E-state index contributed by atoms with van der Waals surface area (Å²) in [7, 11) is 1.50. The van der Waals surface area contributed by atoms with Gasteiger partial charge in [-0.3, -0.25) is 14.2 Å². The summed E-state index contributed by atoms with van der Waals surface area (Å²) in [5.41, 5.74) is 2.12. The number of aromatic nitrogens is 1. The molecule has 0 aliphatic carbocycles. The minimum Gasteiger partial charge on any atom is -0.495 e. The molecule has 30 heavy (non-hydrogen) atoms. The van der Waals surface area contributed by atoms with Gasteiger partial charge in [0.15, 0.2) is 0 Å². The highest BCUT2D eigenvalue weighted by Crippen LogP contribution is 2.35. The fourth-order valence-electron chi connectivity index (χ4n) is 3.37. The lowest BCUT2D eigenvalue weighted by Crippen LogP contribution is -2.15. The molecule has 0 saturated heterocycles. The van der Waals surface area contributed by atoms with Crippen molar-refractivity contribution < 1.29 is 23.5 Å². The first-order valence-electron chi connectivity index (χ1n) is 9.70. The van der Waals surface area contributed by atoms with Crippen LogP contribution in [0.1, 0.15) is 41.4 Å². The molecule has 0 atom stereocenters. The van der Waals surface area contributed by atoms with E-state index in [-0.39, 0.29) is 18.3 Å². The van der Waals surface area contributed by atoms with Gasteiger partial charge in [0, 0.05) is 16.6 Å². The Morgan fingerprint density at radius 3 is 2.50 bits per heavy atom. The van der Waals surface area contributed by atoms with Crippen molar-refractivity contribution in [1.82, 2.24) is 4.57 Å². The van der Waals surface area contributed by atoms with Gasteiger partial charge in [-0.1, -0.05) is 24.9 Å². The molecule has 0 saturated carbocycles. The Hall–Kier alpha value is -2.86. The Balaban J connectivity index is 2.11. The third-order valence-corrected chi connectivity index (χ3v) is 5.28. The minimum atomic E-state index is -0.427. The lowest BCUT2D eigenvalue weighted by molar-refractivity contribution is -0.142. The quantitative estimate of drug-likeness (QED) is 0.375. The molecule has 0 amide bonds. The zero-order chi connectivity index (χ0) is 21.8. The summed E-state index contributed by atoms with van der Waals surface area (Å²) in [5.74, 6) is -0.696. The molecule has 3 rings (SSSR count). The number of hydrogen-bond donors (Lipinski definition) is 0. The van der Waals surface area contributed by atoms with Gasteiger partial charge in [-0.25, -0.2) is 4.39 Å². The number of methoxy groups -OCH3 is 1. The van der Waals surface area contributed by atoms with Crippen molar-refractivity contribution in [3.05, 3.63) is 64.1 Å². The van der Waals surface area contributed by atoms with Crippen LogP contribution in [-0.4, -0.2) is 30.2 Å². The van der Waals surface area contributed by atoms with Crippen LogP contribution >= 0.6 is 11.6 Å². The topological polar surface area (TPSA) is 57.5 Å². The van der Waals surface area contributed by atoms with Gasteiger partial charge >= 0.3 is 5.97 Å². The summed E-state index contributed by atoms with van der Waals surface area (Å²) >= 11 is 6.31. The van der Waals surface area contributed by atoms with E-state index in [1.54, 1.807) is 19.1 Å². The number of carbonyl (C=O) groups is 2. The van der Waals surface area contributed by atoms with Crippen molar-refractivity contribution in [1.29, 1.82) is 0 Å². The number of hydrogen-bond acceptors (Lipinski definition) is 4. The maximum absolute atomic E-state index is 13.3. The van der Waals surface area contributed by atoms with Crippen molar-refractivity contribution in [2.24, 2.45) is 0 Å². The van der Waals surface area contributed by atoms with Crippen molar-refractivity contribution in [3.8, 4) is 5.75 Å². The van der Waals surface area contributed by atoms with Gasteiger partial charge in [-0.2, -0.15) is 0 Å². The second-order valence-electron chi connectivity index (χ2n) is 6.97. The van der Waals surface area contributed by atoms with E-state index in [0.29, 0.717) is 45.1 Å². The molecule has 0 unspecified atom stereocenters. The molecule has 2 aromatic carbocycles. The smallest absolute Gasteiger partial charge is 0.310 e. The largest absolute Gasteiger partial charge is 0.495 e. The molecule has 0 spiro atoms. The number of nitrogens with zero attached hydrogens (tertiary/aromatic N) is 1. The molecule has 7 heteroatoms. The second kappa shape index (κ2) is 9.30. The van der Waals surface area contributed by atoms with Crippen LogP contribution in [0.15, 0.2) is 36.4 Å². The fraction of sp³-hybridized carbons (Fsp3) is 0.304. The van der Waals surface area contributed by atoms with E-state index in [0.717, 1.165) is 12.8 Å². The van der Waals surface area contributed by atoms with Crippen LogP contribution in [0.2, 0.25) is 5.02 Å². The standard InChI is InChI=1S/C23H23ClFNO4/c1-4-5-10-30-22(27)12-17-14(2)26(23(28)15-6-8-16(25)9-7-15)20-13-19(24)21(29-3)11-18(17)20/h6-9,11,13H,4-5,10,12H2,1-3H3. The molecule has 0 fully saturated rings. The van der Waals surface area contributed by atoms with Gasteiger partial charge < -0.3 is 9.47 Å². The van der Waals surface area contributed by atoms with Crippen LogP contribution in [0.4, 0.5) is 4.39 Å². The average molecular weight is 432 g/mol. The monoisotopic (exact) mass is 431 g/mol. The summed E-state index contributed by atoms with van der Waals surface area (Å²) in [5, 5.41) is 1.02. The van der Waals surface area contributed by atoms with Gasteiger partial charge in [-0.05, 0) is 55.3 Å². The molecule has 3 aromatic rings. The van der Waals surface area contributed by atoms with Crippen LogP contribution in [0.5, 0.6) is 5.75 Å². The SMILES string of the molecule is CCCCOC(=O)Cc1c(C)n(C(=O)c2ccc(F)cc2)c2cc(Cl)c(OC)cc12. The van der Waals surface area contributed by atoms with Gasteiger partial charge in [-0.15, -0.1) is 0 Å². The Bertz CT molecular complexity index is 1090. The van der Waals surface area contributed by atoms with E-state index in [4.69, 9.17) is 21.1 Å². The Kier molecular flexibility index (Phi) is 6.77. The third-order valence-electron chi connectivity index (χ3n) is 4.98.